The molecule has 0 aliphatic rings. The van der Waals surface area contributed by atoms with Crippen LogP contribution in [-0.4, -0.2) is 0 Å². The van der Waals surface area contributed by atoms with Gasteiger partial charge in [-0.05, 0) is 19.3 Å². The van der Waals surface area contributed by atoms with E-state index in [2.05, 4.69) is 27.2 Å². The van der Waals surface area contributed by atoms with Gasteiger partial charge in [0, 0.05) is 0 Å². The fourth-order valence-corrected chi connectivity index (χ4v) is 0.569. The highest BCUT2D eigenvalue weighted by atomic mass is 14.0. The number of hydrogen-bond acceptors (Lipinski definition) is 0. The van der Waals surface area contributed by atoms with Crippen molar-refractivity contribution in [3.63, 3.8) is 0 Å². The fraction of sp³-hybridized carbons (Fsp3) is 0.750. The molecule has 0 aromatic rings. The Labute approximate surface area is 53.3 Å². The van der Waals surface area contributed by atoms with Gasteiger partial charge < -0.3 is 0 Å². The zero-order chi connectivity index (χ0) is 6.41. The van der Waals surface area contributed by atoms with Gasteiger partial charge in [-0.25, -0.2) is 0 Å². The van der Waals surface area contributed by atoms with Crippen LogP contribution in [0.25, 0.3) is 0 Å². The first-order valence-corrected chi connectivity index (χ1v) is 3.47. The Kier molecular flexibility index (Phi) is 5.14. The molecule has 0 rings (SSSR count). The van der Waals surface area contributed by atoms with Crippen LogP contribution in [-0.2, 0) is 0 Å². The first-order valence-electron chi connectivity index (χ1n) is 3.47. The maximum Gasteiger partial charge on any atom is -0.0355 e. The lowest BCUT2D eigenvalue weighted by molar-refractivity contribution is 0.665. The highest BCUT2D eigenvalue weighted by molar-refractivity contribution is 4.75. The van der Waals surface area contributed by atoms with Crippen LogP contribution >= 0.6 is 0 Å². The summed E-state index contributed by atoms with van der Waals surface area (Å²) in [6, 6.07) is 0. The Hall–Kier alpha value is 0. The summed E-state index contributed by atoms with van der Waals surface area (Å²) in [5.74, 6) is 0.579. The third-order valence-corrected chi connectivity index (χ3v) is 1.31. The van der Waals surface area contributed by atoms with Crippen molar-refractivity contribution in [1.82, 2.24) is 0 Å². The summed E-state index contributed by atoms with van der Waals surface area (Å²) < 4.78 is 0. The summed E-state index contributed by atoms with van der Waals surface area (Å²) >= 11 is 0. The zero-order valence-electron chi connectivity index (χ0n) is 5.98. The van der Waals surface area contributed by atoms with E-state index in [1.165, 1.54) is 19.3 Å². The van der Waals surface area contributed by atoms with Gasteiger partial charge in [0.1, 0.15) is 0 Å². The van der Waals surface area contributed by atoms with E-state index >= 15 is 0 Å². The zero-order valence-corrected chi connectivity index (χ0v) is 5.98. The van der Waals surface area contributed by atoms with E-state index in [1.807, 2.05) is 0 Å². The van der Waals surface area contributed by atoms with Gasteiger partial charge in [-0.2, -0.15) is 0 Å². The minimum absolute atomic E-state index is 0.579. The average Bonchev–Trinajstić information content (AvgIpc) is 1.83. The third kappa shape index (κ3) is 4.17. The summed E-state index contributed by atoms with van der Waals surface area (Å²) in [4.78, 5) is 0. The maximum absolute atomic E-state index is 3.94. The topological polar surface area (TPSA) is 0 Å². The lowest BCUT2D eigenvalue weighted by Gasteiger charge is -2.03. The monoisotopic (exact) mass is 112 g/mol. The minimum atomic E-state index is 0.579. The maximum atomic E-state index is 3.94. The summed E-state index contributed by atoms with van der Waals surface area (Å²) in [6.45, 7) is 8.30. The van der Waals surface area contributed by atoms with Crippen LogP contribution in [0.2, 0.25) is 0 Å². The van der Waals surface area contributed by atoms with Crippen LogP contribution in [0.15, 0.2) is 0 Å². The Bertz CT molecular complexity index is 39.3. The second-order valence-corrected chi connectivity index (χ2v) is 2.19. The fourth-order valence-electron chi connectivity index (χ4n) is 0.569. The van der Waals surface area contributed by atoms with Crippen LogP contribution in [0.5, 0.6) is 0 Å². The van der Waals surface area contributed by atoms with Crippen molar-refractivity contribution < 1.29 is 0 Å². The second kappa shape index (κ2) is 5.14. The lowest BCUT2D eigenvalue weighted by atomic mass is 10.0. The Morgan fingerprint density at radius 3 is 2.50 bits per heavy atom. The average molecular weight is 112 g/mol. The third-order valence-electron chi connectivity index (χ3n) is 1.31. The van der Waals surface area contributed by atoms with E-state index in [0.29, 0.717) is 5.92 Å². The first-order chi connectivity index (χ1) is 3.81. The number of rotatable bonds is 4. The standard InChI is InChI=1S/C8H16/c1-4-6-7-8(3)5-2/h7-8H,3-6H2,1-2H3. The highest BCUT2D eigenvalue weighted by Crippen LogP contribution is 2.07. The molecule has 0 amide bonds. The van der Waals surface area contributed by atoms with E-state index < -0.39 is 0 Å². The molecule has 0 aliphatic heterocycles. The van der Waals surface area contributed by atoms with Crippen molar-refractivity contribution in [3.05, 3.63) is 13.3 Å². The van der Waals surface area contributed by atoms with Gasteiger partial charge in [0.05, 0.1) is 0 Å². The Balaban J connectivity index is 2.86. The molecule has 48 valence electrons. The molecule has 1 atom stereocenters. The summed E-state index contributed by atoms with van der Waals surface area (Å²) in [7, 11) is 0. The quantitative estimate of drug-likeness (QED) is 0.524. The van der Waals surface area contributed by atoms with E-state index in [1.54, 1.807) is 0 Å². The molecule has 0 N–H and O–H groups in total. The van der Waals surface area contributed by atoms with Crippen LogP contribution in [0.3, 0.4) is 0 Å². The van der Waals surface area contributed by atoms with Gasteiger partial charge in [0.25, 0.3) is 0 Å². The van der Waals surface area contributed by atoms with E-state index in [-0.39, 0.29) is 0 Å². The number of hydrogen-bond donors (Lipinski definition) is 0. The summed E-state index contributed by atoms with van der Waals surface area (Å²) in [6.07, 6.45) is 5.95. The highest BCUT2D eigenvalue weighted by Gasteiger charge is 1.95. The molecule has 0 heterocycles. The van der Waals surface area contributed by atoms with Gasteiger partial charge in [0.15, 0.2) is 0 Å². The molecule has 0 aromatic carbocycles. The van der Waals surface area contributed by atoms with Crippen molar-refractivity contribution >= 4 is 0 Å². The lowest BCUT2D eigenvalue weighted by Crippen LogP contribution is -1.91. The van der Waals surface area contributed by atoms with Gasteiger partial charge in [-0.3, -0.25) is 0 Å². The van der Waals surface area contributed by atoms with Gasteiger partial charge in [-0.15, -0.1) is 0 Å². The normalized spacial score (nSPS) is 13.9. The van der Waals surface area contributed by atoms with Gasteiger partial charge in [0.2, 0.25) is 0 Å². The van der Waals surface area contributed by atoms with Crippen LogP contribution < -0.4 is 0 Å². The van der Waals surface area contributed by atoms with Crippen molar-refractivity contribution in [2.24, 2.45) is 5.92 Å². The van der Waals surface area contributed by atoms with Crippen molar-refractivity contribution in [1.29, 1.82) is 0 Å². The van der Waals surface area contributed by atoms with Crippen molar-refractivity contribution in [2.45, 2.75) is 33.1 Å². The molecule has 0 bridgehead atoms. The molecular weight excluding hydrogens is 96.1 g/mol. The molecule has 0 aliphatic carbocycles. The molecular formula is C8H16. The van der Waals surface area contributed by atoms with E-state index in [9.17, 15) is 0 Å². The first kappa shape index (κ1) is 8.00. The van der Waals surface area contributed by atoms with Gasteiger partial charge in [-0.1, -0.05) is 33.1 Å². The molecule has 0 fully saturated rings. The summed E-state index contributed by atoms with van der Waals surface area (Å²) in [5, 5.41) is 0. The summed E-state index contributed by atoms with van der Waals surface area (Å²) in [5.41, 5.74) is 0. The molecule has 2 radical (unpaired) electrons. The van der Waals surface area contributed by atoms with E-state index in [4.69, 9.17) is 0 Å². The van der Waals surface area contributed by atoms with Crippen LogP contribution in [0, 0.1) is 19.3 Å². The molecule has 0 aromatic heterocycles. The van der Waals surface area contributed by atoms with Crippen LogP contribution in [0.4, 0.5) is 0 Å². The predicted octanol–water partition coefficient (Wildman–Crippen LogP) is 2.85. The van der Waals surface area contributed by atoms with Gasteiger partial charge >= 0.3 is 0 Å². The van der Waals surface area contributed by atoms with Crippen LogP contribution in [0.1, 0.15) is 33.1 Å². The SMILES string of the molecule is [CH2]C([CH]CCC)CC. The molecule has 0 heteroatoms. The molecule has 0 saturated heterocycles. The van der Waals surface area contributed by atoms with Crippen molar-refractivity contribution in [2.75, 3.05) is 0 Å². The predicted molar refractivity (Wildman–Crippen MR) is 38.3 cm³/mol. The molecule has 1 unspecified atom stereocenters. The number of unbranched alkanes of at least 4 members (excludes halogenated alkanes) is 1. The smallest absolute Gasteiger partial charge is 0.0355 e. The van der Waals surface area contributed by atoms with E-state index in [0.717, 1.165) is 0 Å². The molecule has 0 nitrogen and oxygen atoms in total. The Morgan fingerprint density at radius 1 is 1.50 bits per heavy atom. The molecule has 0 spiro atoms. The Morgan fingerprint density at radius 2 is 2.12 bits per heavy atom. The molecule has 0 saturated carbocycles. The second-order valence-electron chi connectivity index (χ2n) is 2.19. The van der Waals surface area contributed by atoms with Crippen molar-refractivity contribution in [3.8, 4) is 0 Å². The molecule has 8 heavy (non-hydrogen) atoms. The largest absolute Gasteiger partial charge is 0.0654 e. The minimum Gasteiger partial charge on any atom is -0.0654 e.